The highest BCUT2D eigenvalue weighted by Gasteiger charge is 2.23. The van der Waals surface area contributed by atoms with Gasteiger partial charge in [0.25, 0.3) is 5.91 Å². The average molecular weight is 290 g/mol. The van der Waals surface area contributed by atoms with Crippen LogP contribution in [0.2, 0.25) is 0 Å². The average Bonchev–Trinajstić information content (AvgIpc) is 2.46. The molecule has 21 heavy (non-hydrogen) atoms. The molecule has 1 saturated heterocycles. The maximum Gasteiger partial charge on any atom is 0.253 e. The molecule has 1 aromatic carbocycles. The molecule has 0 atom stereocenters. The van der Waals surface area contributed by atoms with Crippen molar-refractivity contribution >= 4 is 23.2 Å². The van der Waals surface area contributed by atoms with Gasteiger partial charge in [-0.2, -0.15) is 0 Å². The van der Waals surface area contributed by atoms with Crippen LogP contribution in [0, 0.1) is 5.92 Å². The molecule has 6 heteroatoms. The molecular weight excluding hydrogens is 268 g/mol. The van der Waals surface area contributed by atoms with E-state index < -0.39 is 0 Å². The van der Waals surface area contributed by atoms with Gasteiger partial charge in [0.15, 0.2) is 0 Å². The van der Waals surface area contributed by atoms with Crippen LogP contribution >= 0.6 is 0 Å². The second-order valence-corrected chi connectivity index (χ2v) is 5.46. The first-order valence-electron chi connectivity index (χ1n) is 7.16. The third kappa shape index (κ3) is 3.65. The molecule has 0 aliphatic carbocycles. The Hall–Kier alpha value is -2.24. The van der Waals surface area contributed by atoms with Crippen molar-refractivity contribution < 1.29 is 9.59 Å². The summed E-state index contributed by atoms with van der Waals surface area (Å²) < 4.78 is 0. The zero-order chi connectivity index (χ0) is 15.4. The lowest BCUT2D eigenvalue weighted by Gasteiger charge is -2.34. The predicted octanol–water partition coefficient (Wildman–Crippen LogP) is 0.720. The van der Waals surface area contributed by atoms with E-state index in [4.69, 9.17) is 11.5 Å². The maximum absolute atomic E-state index is 12.0. The molecule has 114 valence electrons. The first-order chi connectivity index (χ1) is 10.0. The van der Waals surface area contributed by atoms with Crippen molar-refractivity contribution in [2.45, 2.75) is 19.3 Å². The molecule has 1 aromatic rings. The summed E-state index contributed by atoms with van der Waals surface area (Å²) >= 11 is 0. The smallest absolute Gasteiger partial charge is 0.253 e. The van der Waals surface area contributed by atoms with Gasteiger partial charge in [0.2, 0.25) is 5.91 Å². The zero-order valence-electron chi connectivity index (χ0n) is 12.3. The highest BCUT2D eigenvalue weighted by molar-refractivity contribution is 6.00. The van der Waals surface area contributed by atoms with E-state index in [1.807, 2.05) is 6.07 Å². The molecule has 0 spiro atoms. The van der Waals surface area contributed by atoms with Crippen molar-refractivity contribution in [1.29, 1.82) is 0 Å². The van der Waals surface area contributed by atoms with Crippen molar-refractivity contribution in [3.8, 4) is 0 Å². The third-order valence-electron chi connectivity index (χ3n) is 3.94. The Morgan fingerprint density at radius 1 is 1.33 bits per heavy atom. The lowest BCUT2D eigenvalue weighted by molar-refractivity contribution is -0.119. The van der Waals surface area contributed by atoms with Crippen LogP contribution < -0.4 is 21.7 Å². The quantitative estimate of drug-likeness (QED) is 0.711. The first-order valence-corrected chi connectivity index (χ1v) is 7.16. The van der Waals surface area contributed by atoms with E-state index in [1.54, 1.807) is 19.2 Å². The molecule has 2 rings (SSSR count). The van der Waals surface area contributed by atoms with Gasteiger partial charge in [0.1, 0.15) is 0 Å². The van der Waals surface area contributed by atoms with Gasteiger partial charge in [-0.1, -0.05) is 0 Å². The topological polar surface area (TPSA) is 101 Å². The molecule has 2 amide bonds. The number of nitrogens with zero attached hydrogens (tertiary/aromatic N) is 1. The number of primary amides is 1. The van der Waals surface area contributed by atoms with Crippen molar-refractivity contribution in [2.75, 3.05) is 30.8 Å². The van der Waals surface area contributed by atoms with Crippen molar-refractivity contribution in [3.05, 3.63) is 23.8 Å². The molecule has 1 aliphatic heterocycles. The zero-order valence-corrected chi connectivity index (χ0v) is 12.3. The highest BCUT2D eigenvalue weighted by Crippen LogP contribution is 2.29. The number of hydrogen-bond acceptors (Lipinski definition) is 4. The molecule has 1 heterocycles. The Bertz CT molecular complexity index is 536. The second-order valence-electron chi connectivity index (χ2n) is 5.46. The molecule has 5 N–H and O–H groups in total. The fourth-order valence-electron chi connectivity index (χ4n) is 2.80. The van der Waals surface area contributed by atoms with Crippen LogP contribution in [-0.2, 0) is 4.79 Å². The largest absolute Gasteiger partial charge is 0.399 e. The number of benzene rings is 1. The summed E-state index contributed by atoms with van der Waals surface area (Å²) in [4.78, 5) is 25.1. The van der Waals surface area contributed by atoms with E-state index in [-0.39, 0.29) is 11.8 Å². The number of piperidine rings is 1. The van der Waals surface area contributed by atoms with Crippen LogP contribution in [-0.4, -0.2) is 32.0 Å². The summed E-state index contributed by atoms with van der Waals surface area (Å²) in [6, 6.07) is 5.31. The molecule has 1 aliphatic rings. The summed E-state index contributed by atoms with van der Waals surface area (Å²) in [5, 5.41) is 2.65. The van der Waals surface area contributed by atoms with Crippen LogP contribution in [0.5, 0.6) is 0 Å². The number of nitrogens with two attached hydrogens (primary N) is 2. The number of anilines is 2. The normalized spacial score (nSPS) is 15.8. The van der Waals surface area contributed by atoms with Crippen LogP contribution in [0.1, 0.15) is 29.6 Å². The van der Waals surface area contributed by atoms with Crippen LogP contribution in [0.25, 0.3) is 0 Å². The molecule has 0 aromatic heterocycles. The molecule has 0 unspecified atom stereocenters. The van der Waals surface area contributed by atoms with Gasteiger partial charge < -0.3 is 21.7 Å². The van der Waals surface area contributed by atoms with E-state index in [9.17, 15) is 9.59 Å². The number of hydrogen-bond donors (Lipinski definition) is 3. The van der Waals surface area contributed by atoms with Crippen molar-refractivity contribution in [2.24, 2.45) is 11.7 Å². The number of nitrogen functional groups attached to an aromatic ring is 1. The first kappa shape index (κ1) is 15.2. The third-order valence-corrected chi connectivity index (χ3v) is 3.94. The summed E-state index contributed by atoms with van der Waals surface area (Å²) in [5.41, 5.74) is 13.2. The van der Waals surface area contributed by atoms with E-state index in [0.717, 1.165) is 31.6 Å². The van der Waals surface area contributed by atoms with Gasteiger partial charge in [-0.3, -0.25) is 9.59 Å². The maximum atomic E-state index is 12.0. The monoisotopic (exact) mass is 290 g/mol. The molecule has 0 saturated carbocycles. The Balaban J connectivity index is 2.14. The van der Waals surface area contributed by atoms with Crippen LogP contribution in [0.3, 0.4) is 0 Å². The van der Waals surface area contributed by atoms with Gasteiger partial charge in [-0.05, 0) is 37.0 Å². The fraction of sp³-hybridized carbons (Fsp3) is 0.467. The molecule has 6 nitrogen and oxygen atoms in total. The predicted molar refractivity (Wildman–Crippen MR) is 83.0 cm³/mol. The molecule has 0 bridgehead atoms. The van der Waals surface area contributed by atoms with Gasteiger partial charge in [-0.25, -0.2) is 0 Å². The van der Waals surface area contributed by atoms with E-state index in [0.29, 0.717) is 23.6 Å². The molecular formula is C15H22N4O2. The van der Waals surface area contributed by atoms with Gasteiger partial charge in [0.05, 0.1) is 11.3 Å². The number of carbonyl (C=O) groups excluding carboxylic acids is 2. The SMILES string of the molecule is CNC(=O)c1ccc(N)cc1N1CCC(CC(N)=O)CC1. The van der Waals surface area contributed by atoms with E-state index >= 15 is 0 Å². The molecule has 0 radical (unpaired) electrons. The van der Waals surface area contributed by atoms with Gasteiger partial charge in [0, 0.05) is 32.2 Å². The number of nitrogens with one attached hydrogen (secondary N) is 1. The van der Waals surface area contributed by atoms with Crippen molar-refractivity contribution in [1.82, 2.24) is 5.32 Å². The molecule has 1 fully saturated rings. The number of carbonyl (C=O) groups is 2. The van der Waals surface area contributed by atoms with Crippen molar-refractivity contribution in [3.63, 3.8) is 0 Å². The fourth-order valence-corrected chi connectivity index (χ4v) is 2.80. The highest BCUT2D eigenvalue weighted by atomic mass is 16.1. The summed E-state index contributed by atoms with van der Waals surface area (Å²) in [6.07, 6.45) is 2.23. The minimum atomic E-state index is -0.247. The Morgan fingerprint density at radius 2 is 2.00 bits per heavy atom. The standard InChI is InChI=1S/C15H22N4O2/c1-18-15(21)12-3-2-11(16)9-13(12)19-6-4-10(5-7-19)8-14(17)20/h2-3,9-10H,4-8,16H2,1H3,(H2,17,20)(H,18,21). The lowest BCUT2D eigenvalue weighted by Crippen LogP contribution is -2.36. The van der Waals surface area contributed by atoms with Crippen LogP contribution in [0.15, 0.2) is 18.2 Å². The number of rotatable bonds is 4. The Labute approximate surface area is 124 Å². The van der Waals surface area contributed by atoms with Gasteiger partial charge in [-0.15, -0.1) is 0 Å². The number of amides is 2. The Morgan fingerprint density at radius 3 is 2.57 bits per heavy atom. The van der Waals surface area contributed by atoms with Crippen LogP contribution in [0.4, 0.5) is 11.4 Å². The lowest BCUT2D eigenvalue weighted by atomic mass is 9.92. The van der Waals surface area contributed by atoms with E-state index in [1.165, 1.54) is 0 Å². The minimum absolute atomic E-state index is 0.121. The minimum Gasteiger partial charge on any atom is -0.399 e. The summed E-state index contributed by atoms with van der Waals surface area (Å²) in [5.74, 6) is -0.0315. The Kier molecular flexibility index (Phi) is 4.67. The summed E-state index contributed by atoms with van der Waals surface area (Å²) in [7, 11) is 1.61. The van der Waals surface area contributed by atoms with Gasteiger partial charge >= 0.3 is 0 Å². The van der Waals surface area contributed by atoms with E-state index in [2.05, 4.69) is 10.2 Å². The summed E-state index contributed by atoms with van der Waals surface area (Å²) in [6.45, 7) is 1.59. The second kappa shape index (κ2) is 6.47.